The number of aryl methyl sites for hydroxylation is 2. The molecular weight excluding hydrogens is 328 g/mol. The van der Waals surface area contributed by atoms with Crippen molar-refractivity contribution >= 4 is 5.97 Å². The average molecular weight is 350 g/mol. The smallest absolute Gasteiger partial charge is 0.306 e. The first-order valence-electron chi connectivity index (χ1n) is 8.65. The third-order valence-electron chi connectivity index (χ3n) is 3.88. The van der Waals surface area contributed by atoms with Crippen molar-refractivity contribution in [2.24, 2.45) is 0 Å². The lowest BCUT2D eigenvalue weighted by atomic mass is 10.2. The fourth-order valence-corrected chi connectivity index (χ4v) is 2.55. The van der Waals surface area contributed by atoms with Gasteiger partial charge in [0, 0.05) is 12.6 Å². The van der Waals surface area contributed by atoms with Crippen LogP contribution in [0.1, 0.15) is 17.5 Å². The molecule has 0 N–H and O–H groups in total. The van der Waals surface area contributed by atoms with Crippen LogP contribution in [-0.4, -0.2) is 29.0 Å². The Balaban J connectivity index is 1.37. The number of hydrogen-bond donors (Lipinski definition) is 0. The van der Waals surface area contributed by atoms with E-state index in [2.05, 4.69) is 5.10 Å². The van der Waals surface area contributed by atoms with Crippen LogP contribution in [-0.2, 0) is 16.0 Å². The van der Waals surface area contributed by atoms with Crippen LogP contribution in [0, 0.1) is 6.92 Å². The monoisotopic (exact) mass is 350 g/mol. The minimum Gasteiger partial charge on any atom is -0.490 e. The Hall–Kier alpha value is -3.08. The molecule has 0 atom stereocenters. The molecule has 3 rings (SSSR count). The van der Waals surface area contributed by atoms with Gasteiger partial charge in [-0.3, -0.25) is 4.79 Å². The van der Waals surface area contributed by atoms with E-state index >= 15 is 0 Å². The second-order valence-electron chi connectivity index (χ2n) is 6.01. The molecule has 0 aliphatic carbocycles. The van der Waals surface area contributed by atoms with E-state index in [1.807, 2.05) is 67.7 Å². The number of ether oxygens (including phenoxy) is 2. The highest BCUT2D eigenvalue weighted by atomic mass is 16.6. The lowest BCUT2D eigenvalue weighted by Gasteiger charge is -2.07. The van der Waals surface area contributed by atoms with Crippen LogP contribution >= 0.6 is 0 Å². The fraction of sp³-hybridized carbons (Fsp3) is 0.238. The summed E-state index contributed by atoms with van der Waals surface area (Å²) in [4.78, 5) is 11.9. The van der Waals surface area contributed by atoms with Gasteiger partial charge in [-0.25, -0.2) is 4.68 Å². The lowest BCUT2D eigenvalue weighted by molar-refractivity contribution is -0.144. The van der Waals surface area contributed by atoms with Crippen molar-refractivity contribution in [2.45, 2.75) is 19.8 Å². The fourth-order valence-electron chi connectivity index (χ4n) is 2.55. The van der Waals surface area contributed by atoms with Gasteiger partial charge in [-0.15, -0.1) is 0 Å². The summed E-state index contributed by atoms with van der Waals surface area (Å²) >= 11 is 0. The van der Waals surface area contributed by atoms with E-state index in [0.29, 0.717) is 19.4 Å². The number of hydrogen-bond acceptors (Lipinski definition) is 4. The second-order valence-corrected chi connectivity index (χ2v) is 6.01. The van der Waals surface area contributed by atoms with E-state index in [9.17, 15) is 4.79 Å². The molecule has 5 nitrogen and oxygen atoms in total. The van der Waals surface area contributed by atoms with Crippen LogP contribution in [0.5, 0.6) is 5.75 Å². The summed E-state index contributed by atoms with van der Waals surface area (Å²) in [6.45, 7) is 2.60. The number of aromatic nitrogens is 2. The van der Waals surface area contributed by atoms with Gasteiger partial charge in [-0.1, -0.05) is 30.3 Å². The standard InChI is InChI=1S/C21H22N2O3/c1-17-6-5-9-20(14-17)25-12-13-26-21(24)11-10-18-15-22-23(16-18)19-7-3-2-4-8-19/h2-9,14-16H,10-13H2,1H3. The van der Waals surface area contributed by atoms with Crippen LogP contribution in [0.4, 0.5) is 0 Å². The Morgan fingerprint density at radius 3 is 2.73 bits per heavy atom. The third kappa shape index (κ3) is 5.21. The number of benzene rings is 2. The van der Waals surface area contributed by atoms with Crippen molar-refractivity contribution in [3.05, 3.63) is 78.1 Å². The molecule has 0 bridgehead atoms. The highest BCUT2D eigenvalue weighted by molar-refractivity contribution is 5.69. The van der Waals surface area contributed by atoms with E-state index in [1.54, 1.807) is 10.9 Å². The highest BCUT2D eigenvalue weighted by Gasteiger charge is 2.06. The van der Waals surface area contributed by atoms with Crippen molar-refractivity contribution in [1.82, 2.24) is 9.78 Å². The van der Waals surface area contributed by atoms with Crippen molar-refractivity contribution in [2.75, 3.05) is 13.2 Å². The van der Waals surface area contributed by atoms with Crippen LogP contribution in [0.2, 0.25) is 0 Å². The first-order valence-corrected chi connectivity index (χ1v) is 8.65. The van der Waals surface area contributed by atoms with Crippen molar-refractivity contribution < 1.29 is 14.3 Å². The first-order chi connectivity index (χ1) is 12.7. The molecule has 1 aromatic heterocycles. The van der Waals surface area contributed by atoms with Crippen LogP contribution in [0.15, 0.2) is 67.0 Å². The van der Waals surface area contributed by atoms with E-state index in [4.69, 9.17) is 9.47 Å². The van der Waals surface area contributed by atoms with E-state index in [0.717, 1.165) is 22.6 Å². The summed E-state index contributed by atoms with van der Waals surface area (Å²) in [5.41, 5.74) is 3.13. The van der Waals surface area contributed by atoms with E-state index in [1.165, 1.54) is 0 Å². The Morgan fingerprint density at radius 2 is 1.92 bits per heavy atom. The maximum atomic E-state index is 11.9. The van der Waals surface area contributed by atoms with Gasteiger partial charge in [0.1, 0.15) is 19.0 Å². The summed E-state index contributed by atoms with van der Waals surface area (Å²) in [5.74, 6) is 0.555. The number of nitrogens with zero attached hydrogens (tertiary/aromatic N) is 2. The molecule has 3 aromatic rings. The zero-order valence-corrected chi connectivity index (χ0v) is 14.8. The molecule has 2 aromatic carbocycles. The van der Waals surface area contributed by atoms with Gasteiger partial charge in [-0.05, 0) is 48.7 Å². The summed E-state index contributed by atoms with van der Waals surface area (Å²) in [6.07, 6.45) is 4.64. The zero-order chi connectivity index (χ0) is 18.2. The van der Waals surface area contributed by atoms with E-state index in [-0.39, 0.29) is 12.6 Å². The maximum Gasteiger partial charge on any atom is 0.306 e. The predicted molar refractivity (Wildman–Crippen MR) is 99.5 cm³/mol. The normalized spacial score (nSPS) is 10.5. The van der Waals surface area contributed by atoms with Gasteiger partial charge in [0.05, 0.1) is 11.9 Å². The number of esters is 1. The third-order valence-corrected chi connectivity index (χ3v) is 3.88. The van der Waals surface area contributed by atoms with E-state index < -0.39 is 0 Å². The number of para-hydroxylation sites is 1. The topological polar surface area (TPSA) is 53.4 Å². The minimum atomic E-state index is -0.231. The number of carbonyl (C=O) groups is 1. The molecule has 134 valence electrons. The number of carbonyl (C=O) groups excluding carboxylic acids is 1. The molecule has 0 amide bonds. The minimum absolute atomic E-state index is 0.231. The Bertz CT molecular complexity index is 843. The zero-order valence-electron chi connectivity index (χ0n) is 14.8. The van der Waals surface area contributed by atoms with Gasteiger partial charge < -0.3 is 9.47 Å². The van der Waals surface area contributed by atoms with Crippen LogP contribution in [0.25, 0.3) is 5.69 Å². The van der Waals surface area contributed by atoms with Crippen molar-refractivity contribution in [3.8, 4) is 11.4 Å². The van der Waals surface area contributed by atoms with Gasteiger partial charge in [0.25, 0.3) is 0 Å². The molecule has 0 unspecified atom stereocenters. The molecule has 0 saturated carbocycles. The van der Waals surface area contributed by atoms with Crippen LogP contribution in [0.3, 0.4) is 0 Å². The summed E-state index contributed by atoms with van der Waals surface area (Å²) in [6, 6.07) is 17.6. The summed E-state index contributed by atoms with van der Waals surface area (Å²) in [5, 5.41) is 4.33. The highest BCUT2D eigenvalue weighted by Crippen LogP contribution is 2.12. The van der Waals surface area contributed by atoms with Gasteiger partial charge >= 0.3 is 5.97 Å². The molecule has 1 heterocycles. The Labute approximate surface area is 153 Å². The molecule has 0 radical (unpaired) electrons. The van der Waals surface area contributed by atoms with Crippen molar-refractivity contribution in [3.63, 3.8) is 0 Å². The quantitative estimate of drug-likeness (QED) is 0.459. The molecule has 0 fully saturated rings. The summed E-state index contributed by atoms with van der Waals surface area (Å²) in [7, 11) is 0. The van der Waals surface area contributed by atoms with Gasteiger partial charge in [-0.2, -0.15) is 5.10 Å². The molecule has 0 spiro atoms. The van der Waals surface area contributed by atoms with Gasteiger partial charge in [0.2, 0.25) is 0 Å². The second kappa shape index (κ2) is 8.85. The van der Waals surface area contributed by atoms with Gasteiger partial charge in [0.15, 0.2) is 0 Å². The molecular formula is C21H22N2O3. The first kappa shape index (κ1) is 17.7. The lowest BCUT2D eigenvalue weighted by Crippen LogP contribution is -2.12. The SMILES string of the molecule is Cc1cccc(OCCOC(=O)CCc2cnn(-c3ccccc3)c2)c1. The summed E-state index contributed by atoms with van der Waals surface area (Å²) < 4.78 is 12.6. The van der Waals surface area contributed by atoms with Crippen molar-refractivity contribution in [1.29, 1.82) is 0 Å². The average Bonchev–Trinajstić information content (AvgIpc) is 3.13. The molecule has 5 heteroatoms. The molecule has 0 saturated heterocycles. The molecule has 0 aliphatic rings. The maximum absolute atomic E-state index is 11.9. The molecule has 26 heavy (non-hydrogen) atoms. The largest absolute Gasteiger partial charge is 0.490 e. The molecule has 0 aliphatic heterocycles. The predicted octanol–water partition coefficient (Wildman–Crippen LogP) is 3.74. The Kier molecular flexibility index (Phi) is 6.04. The Morgan fingerprint density at radius 1 is 1.08 bits per heavy atom. The number of rotatable bonds is 8. The van der Waals surface area contributed by atoms with Crippen LogP contribution < -0.4 is 4.74 Å².